The molecule has 2 aromatic heterocycles. The van der Waals surface area contributed by atoms with Crippen LogP contribution in [0.3, 0.4) is 0 Å². The van der Waals surface area contributed by atoms with Gasteiger partial charge in [0, 0.05) is 16.0 Å². The average molecular weight is 439 g/mol. The van der Waals surface area contributed by atoms with E-state index in [9.17, 15) is 4.79 Å². The van der Waals surface area contributed by atoms with Crippen molar-refractivity contribution < 1.29 is 13.9 Å². The van der Waals surface area contributed by atoms with Gasteiger partial charge in [0.25, 0.3) is 5.91 Å². The summed E-state index contributed by atoms with van der Waals surface area (Å²) < 4.78 is 11.1. The van der Waals surface area contributed by atoms with E-state index in [0.29, 0.717) is 5.76 Å². The number of para-hydroxylation sites is 1. The number of benzene rings is 1. The molecule has 0 spiro atoms. The van der Waals surface area contributed by atoms with Crippen molar-refractivity contribution in [1.29, 1.82) is 0 Å². The molecule has 31 heavy (non-hydrogen) atoms. The number of amides is 1. The second-order valence-electron chi connectivity index (χ2n) is 8.15. The Morgan fingerprint density at radius 1 is 1.23 bits per heavy atom. The topological polar surface area (TPSA) is 54.7 Å². The molecule has 0 saturated carbocycles. The molecule has 0 unspecified atom stereocenters. The monoisotopic (exact) mass is 438 g/mol. The highest BCUT2D eigenvalue weighted by atomic mass is 32.1. The third kappa shape index (κ3) is 4.70. The van der Waals surface area contributed by atoms with Gasteiger partial charge in [-0.2, -0.15) is 0 Å². The number of furan rings is 1. The molecule has 1 aliphatic heterocycles. The van der Waals surface area contributed by atoms with Crippen LogP contribution < -0.4 is 10.1 Å². The number of piperidine rings is 1. The summed E-state index contributed by atoms with van der Waals surface area (Å²) in [7, 11) is 1.72. The highest BCUT2D eigenvalue weighted by molar-refractivity contribution is 7.16. The Kier molecular flexibility index (Phi) is 6.78. The molecule has 0 aliphatic carbocycles. The Balaban J connectivity index is 1.77. The summed E-state index contributed by atoms with van der Waals surface area (Å²) in [5.74, 6) is 1.71. The molecular formula is C25H30N2O3S. The second kappa shape index (κ2) is 9.71. The number of likely N-dealkylation sites (tertiary alicyclic amines) is 1. The van der Waals surface area contributed by atoms with Gasteiger partial charge in [0.15, 0.2) is 5.76 Å². The lowest BCUT2D eigenvalue weighted by Gasteiger charge is -2.37. The van der Waals surface area contributed by atoms with Crippen molar-refractivity contribution >= 4 is 22.2 Å². The Bertz CT molecular complexity index is 1000. The molecule has 4 rings (SSSR count). The molecule has 5 nitrogen and oxygen atoms in total. The third-order valence-corrected chi connectivity index (χ3v) is 7.25. The fourth-order valence-corrected chi connectivity index (χ4v) is 5.27. The van der Waals surface area contributed by atoms with Crippen molar-refractivity contribution in [2.24, 2.45) is 5.92 Å². The third-order valence-electron chi connectivity index (χ3n) is 6.04. The van der Waals surface area contributed by atoms with E-state index in [0.717, 1.165) is 47.3 Å². The van der Waals surface area contributed by atoms with E-state index in [-0.39, 0.29) is 11.9 Å². The molecule has 0 bridgehead atoms. The van der Waals surface area contributed by atoms with Gasteiger partial charge in [-0.25, -0.2) is 0 Å². The number of carbonyl (C=O) groups is 1. The van der Waals surface area contributed by atoms with Gasteiger partial charge in [-0.3, -0.25) is 9.69 Å². The van der Waals surface area contributed by atoms with Crippen LogP contribution in [0, 0.1) is 5.92 Å². The lowest BCUT2D eigenvalue weighted by atomic mass is 9.92. The van der Waals surface area contributed by atoms with Gasteiger partial charge in [-0.1, -0.05) is 32.0 Å². The highest BCUT2D eigenvalue weighted by Gasteiger charge is 2.31. The average Bonchev–Trinajstić information content (AvgIpc) is 3.46. The summed E-state index contributed by atoms with van der Waals surface area (Å²) in [5.41, 5.74) is 2.26. The zero-order valence-corrected chi connectivity index (χ0v) is 19.2. The fraction of sp³-hybridized carbons (Fsp3) is 0.400. The van der Waals surface area contributed by atoms with Crippen LogP contribution in [-0.4, -0.2) is 31.0 Å². The molecule has 1 atom stereocenters. The van der Waals surface area contributed by atoms with Gasteiger partial charge in [0.1, 0.15) is 10.8 Å². The maximum absolute atomic E-state index is 12.8. The van der Waals surface area contributed by atoms with E-state index in [2.05, 4.69) is 42.3 Å². The van der Waals surface area contributed by atoms with E-state index < -0.39 is 0 Å². The Labute approximate surface area is 188 Å². The van der Waals surface area contributed by atoms with Crippen LogP contribution in [0.2, 0.25) is 0 Å². The smallest absolute Gasteiger partial charge is 0.291 e. The molecule has 1 aliphatic rings. The molecule has 164 valence electrons. The van der Waals surface area contributed by atoms with E-state index >= 15 is 0 Å². The van der Waals surface area contributed by atoms with E-state index in [1.54, 1.807) is 30.6 Å². The zero-order chi connectivity index (χ0) is 21.8. The van der Waals surface area contributed by atoms with Gasteiger partial charge in [0.05, 0.1) is 19.4 Å². The van der Waals surface area contributed by atoms with E-state index in [1.807, 2.05) is 12.1 Å². The summed E-state index contributed by atoms with van der Waals surface area (Å²) in [4.78, 5) is 16.6. The van der Waals surface area contributed by atoms with Crippen molar-refractivity contribution in [1.82, 2.24) is 4.90 Å². The van der Waals surface area contributed by atoms with Crippen molar-refractivity contribution in [2.45, 2.75) is 39.2 Å². The molecule has 1 amide bonds. The molecule has 3 heterocycles. The van der Waals surface area contributed by atoms with E-state index in [4.69, 9.17) is 9.15 Å². The lowest BCUT2D eigenvalue weighted by molar-refractivity contribution is 0.0996. The number of rotatable bonds is 7. The number of ether oxygens (including phenoxy) is 1. The highest BCUT2D eigenvalue weighted by Crippen LogP contribution is 2.43. The number of hydrogen-bond acceptors (Lipinski definition) is 5. The van der Waals surface area contributed by atoms with E-state index in [1.165, 1.54) is 24.0 Å². The van der Waals surface area contributed by atoms with Crippen LogP contribution in [0.5, 0.6) is 5.75 Å². The lowest BCUT2D eigenvalue weighted by Crippen LogP contribution is -2.37. The largest absolute Gasteiger partial charge is 0.496 e. The van der Waals surface area contributed by atoms with Gasteiger partial charge in [-0.05, 0) is 62.5 Å². The molecule has 0 radical (unpaired) electrons. The first-order valence-electron chi connectivity index (χ1n) is 10.9. The number of aryl methyl sites for hydroxylation is 1. The second-order valence-corrected chi connectivity index (χ2v) is 9.28. The molecule has 3 aromatic rings. The van der Waals surface area contributed by atoms with Crippen LogP contribution in [-0.2, 0) is 6.42 Å². The summed E-state index contributed by atoms with van der Waals surface area (Å²) in [6.07, 6.45) is 4.78. The summed E-state index contributed by atoms with van der Waals surface area (Å²) in [6, 6.07) is 13.9. The van der Waals surface area contributed by atoms with Crippen LogP contribution in [0.25, 0.3) is 0 Å². The van der Waals surface area contributed by atoms with Crippen LogP contribution in [0.15, 0.2) is 53.1 Å². The summed E-state index contributed by atoms with van der Waals surface area (Å²) in [6.45, 7) is 6.51. The minimum absolute atomic E-state index is 0.0205. The molecule has 1 fully saturated rings. The Morgan fingerprint density at radius 3 is 2.68 bits per heavy atom. The maximum atomic E-state index is 12.8. The summed E-state index contributed by atoms with van der Waals surface area (Å²) in [5, 5.41) is 4.00. The van der Waals surface area contributed by atoms with Crippen LogP contribution in [0.1, 0.15) is 59.3 Å². The number of methoxy groups -OCH3 is 1. The first-order chi connectivity index (χ1) is 15.1. The minimum atomic E-state index is -0.221. The van der Waals surface area contributed by atoms with Crippen molar-refractivity contribution in [3.63, 3.8) is 0 Å². The van der Waals surface area contributed by atoms with Gasteiger partial charge >= 0.3 is 0 Å². The molecule has 1 aromatic carbocycles. The maximum Gasteiger partial charge on any atom is 0.291 e. The molecule has 1 N–H and O–H groups in total. The molecule has 1 saturated heterocycles. The molecule has 6 heteroatoms. The van der Waals surface area contributed by atoms with Gasteiger partial charge in [0.2, 0.25) is 0 Å². The van der Waals surface area contributed by atoms with Gasteiger partial charge in [-0.15, -0.1) is 11.3 Å². The molecular weight excluding hydrogens is 408 g/mol. The van der Waals surface area contributed by atoms with Crippen molar-refractivity contribution in [3.05, 3.63) is 70.5 Å². The predicted molar refractivity (Wildman–Crippen MR) is 125 cm³/mol. The summed E-state index contributed by atoms with van der Waals surface area (Å²) >= 11 is 1.65. The van der Waals surface area contributed by atoms with Crippen LogP contribution >= 0.6 is 11.3 Å². The number of nitrogens with one attached hydrogen (secondary N) is 1. The quantitative estimate of drug-likeness (QED) is 0.493. The Hall–Kier alpha value is -2.57. The first-order valence-corrected chi connectivity index (χ1v) is 11.8. The van der Waals surface area contributed by atoms with Crippen molar-refractivity contribution in [2.75, 3.05) is 25.5 Å². The van der Waals surface area contributed by atoms with Gasteiger partial charge < -0.3 is 14.5 Å². The zero-order valence-electron chi connectivity index (χ0n) is 18.4. The number of nitrogens with zero attached hydrogens (tertiary/aromatic N) is 1. The normalized spacial score (nSPS) is 16.2. The first kappa shape index (κ1) is 21.7. The minimum Gasteiger partial charge on any atom is -0.496 e. The SMILES string of the molecule is CCc1cc([C@@H](c2ccccc2OC)N2CCC(C)CC2)c(NC(=O)c2ccco2)s1. The number of hydrogen-bond donors (Lipinski definition) is 1. The van der Waals surface area contributed by atoms with Crippen LogP contribution in [0.4, 0.5) is 5.00 Å². The van der Waals surface area contributed by atoms with Crippen molar-refractivity contribution in [3.8, 4) is 5.75 Å². The Morgan fingerprint density at radius 2 is 2.00 bits per heavy atom. The standard InChI is InChI=1S/C25H30N2O3S/c1-4-18-16-20(25(31-18)26-24(28)22-10-7-15-30-22)23(27-13-11-17(2)12-14-27)19-8-5-6-9-21(19)29-3/h5-10,15-17,23H,4,11-14H2,1-3H3,(H,26,28)/t23-/m1/s1. The fourth-order valence-electron chi connectivity index (χ4n) is 4.25. The number of anilines is 1. The predicted octanol–water partition coefficient (Wildman–Crippen LogP) is 5.99. The number of carbonyl (C=O) groups excluding carboxylic acids is 1. The number of thiophene rings is 1.